The summed E-state index contributed by atoms with van der Waals surface area (Å²) in [5.41, 5.74) is 3.87. The molecule has 0 aromatic rings. The Labute approximate surface area is 86.9 Å². The van der Waals surface area contributed by atoms with E-state index in [1.54, 1.807) is 0 Å². The van der Waals surface area contributed by atoms with Gasteiger partial charge in [0.2, 0.25) is 0 Å². The van der Waals surface area contributed by atoms with Gasteiger partial charge < -0.3 is 0 Å². The van der Waals surface area contributed by atoms with Crippen LogP contribution in [0.15, 0.2) is 40.6 Å². The maximum atomic E-state index is 4.37. The van der Waals surface area contributed by atoms with Gasteiger partial charge in [-0.1, -0.05) is 38.2 Å². The van der Waals surface area contributed by atoms with Gasteiger partial charge in [-0.05, 0) is 31.3 Å². The molecule has 1 aliphatic rings. The SMILES string of the molecule is C=CC1=C(N=CC)CCC(C(C)C)=C1. The largest absolute Gasteiger partial charge is 0.265 e. The summed E-state index contributed by atoms with van der Waals surface area (Å²) in [5, 5.41) is 0. The van der Waals surface area contributed by atoms with Crippen molar-refractivity contribution in [2.24, 2.45) is 10.9 Å². The fourth-order valence-electron chi connectivity index (χ4n) is 1.69. The molecule has 0 atom stereocenters. The summed E-state index contributed by atoms with van der Waals surface area (Å²) in [6.07, 6.45) is 8.19. The van der Waals surface area contributed by atoms with Crippen LogP contribution in [-0.2, 0) is 0 Å². The van der Waals surface area contributed by atoms with Crippen LogP contribution in [0.1, 0.15) is 33.6 Å². The Hall–Kier alpha value is -1.11. The van der Waals surface area contributed by atoms with Gasteiger partial charge in [0.25, 0.3) is 0 Å². The van der Waals surface area contributed by atoms with Crippen molar-refractivity contribution in [3.8, 4) is 0 Å². The molecule has 0 aromatic heterocycles. The van der Waals surface area contributed by atoms with Crippen molar-refractivity contribution in [1.82, 2.24) is 0 Å². The van der Waals surface area contributed by atoms with Crippen LogP contribution in [0.2, 0.25) is 0 Å². The molecule has 0 radical (unpaired) electrons. The molecule has 0 aliphatic heterocycles. The van der Waals surface area contributed by atoms with Crippen molar-refractivity contribution >= 4 is 6.21 Å². The van der Waals surface area contributed by atoms with Crippen molar-refractivity contribution in [1.29, 1.82) is 0 Å². The van der Waals surface area contributed by atoms with Gasteiger partial charge in [-0.2, -0.15) is 0 Å². The minimum Gasteiger partial charge on any atom is -0.265 e. The van der Waals surface area contributed by atoms with Gasteiger partial charge in [-0.25, -0.2) is 0 Å². The molecule has 76 valence electrons. The van der Waals surface area contributed by atoms with E-state index in [0.29, 0.717) is 5.92 Å². The van der Waals surface area contributed by atoms with E-state index < -0.39 is 0 Å². The number of rotatable bonds is 3. The molecule has 1 aliphatic carbocycles. The Morgan fingerprint density at radius 1 is 1.43 bits per heavy atom. The fourth-order valence-corrected chi connectivity index (χ4v) is 1.69. The van der Waals surface area contributed by atoms with Crippen LogP contribution in [0.25, 0.3) is 0 Å². The first kappa shape index (κ1) is 11.0. The molecule has 0 saturated heterocycles. The second-order valence-electron chi connectivity index (χ2n) is 3.87. The molecule has 0 amide bonds. The number of hydrogen-bond donors (Lipinski definition) is 0. The number of aliphatic imine (C=N–C) groups is 1. The molecule has 1 nitrogen and oxygen atoms in total. The van der Waals surface area contributed by atoms with Crippen LogP contribution in [-0.4, -0.2) is 6.21 Å². The third kappa shape index (κ3) is 2.44. The van der Waals surface area contributed by atoms with Crippen LogP contribution in [0, 0.1) is 5.92 Å². The fraction of sp³-hybridized carbons (Fsp3) is 0.462. The van der Waals surface area contributed by atoms with Gasteiger partial charge >= 0.3 is 0 Å². The van der Waals surface area contributed by atoms with Crippen LogP contribution in [0.4, 0.5) is 0 Å². The summed E-state index contributed by atoms with van der Waals surface area (Å²) < 4.78 is 0. The van der Waals surface area contributed by atoms with Gasteiger partial charge in [0.1, 0.15) is 0 Å². The molecule has 1 rings (SSSR count). The molecule has 0 heterocycles. The smallest absolute Gasteiger partial charge is 0.0474 e. The zero-order valence-electron chi connectivity index (χ0n) is 9.38. The van der Waals surface area contributed by atoms with Crippen molar-refractivity contribution in [2.75, 3.05) is 0 Å². The lowest BCUT2D eigenvalue weighted by Gasteiger charge is -2.18. The molecule has 0 fully saturated rings. The lowest BCUT2D eigenvalue weighted by Crippen LogP contribution is -2.02. The van der Waals surface area contributed by atoms with E-state index in [2.05, 4.69) is 31.5 Å². The van der Waals surface area contributed by atoms with E-state index in [1.807, 2.05) is 19.2 Å². The van der Waals surface area contributed by atoms with Gasteiger partial charge in [-0.3, -0.25) is 4.99 Å². The standard InChI is InChI=1S/C13H19N/c1-5-11-9-12(10(3)4)7-8-13(11)14-6-2/h5-6,9-10H,1,7-8H2,2-4H3. The molecule has 0 unspecified atom stereocenters. The minimum atomic E-state index is 0.636. The Kier molecular flexibility index (Phi) is 3.87. The molecule has 0 bridgehead atoms. The summed E-state index contributed by atoms with van der Waals surface area (Å²) in [7, 11) is 0. The van der Waals surface area contributed by atoms with Crippen LogP contribution >= 0.6 is 0 Å². The first-order valence-corrected chi connectivity index (χ1v) is 5.23. The molecular weight excluding hydrogens is 170 g/mol. The zero-order chi connectivity index (χ0) is 10.6. The van der Waals surface area contributed by atoms with Gasteiger partial charge in [-0.15, -0.1) is 0 Å². The number of hydrogen-bond acceptors (Lipinski definition) is 1. The summed E-state index contributed by atoms with van der Waals surface area (Å²) in [6, 6.07) is 0. The maximum absolute atomic E-state index is 4.37. The second kappa shape index (κ2) is 4.94. The monoisotopic (exact) mass is 189 g/mol. The van der Waals surface area contributed by atoms with Crippen molar-refractivity contribution in [2.45, 2.75) is 33.6 Å². The highest BCUT2D eigenvalue weighted by atomic mass is 14.7. The lowest BCUT2D eigenvalue weighted by atomic mass is 9.90. The quantitative estimate of drug-likeness (QED) is 0.597. The van der Waals surface area contributed by atoms with E-state index in [-0.39, 0.29) is 0 Å². The van der Waals surface area contributed by atoms with Gasteiger partial charge in [0.15, 0.2) is 0 Å². The summed E-state index contributed by atoms with van der Waals surface area (Å²) >= 11 is 0. The van der Waals surface area contributed by atoms with E-state index in [4.69, 9.17) is 0 Å². The summed E-state index contributed by atoms with van der Waals surface area (Å²) in [5.74, 6) is 0.636. The highest BCUT2D eigenvalue weighted by Gasteiger charge is 2.12. The topological polar surface area (TPSA) is 12.4 Å². The molecule has 1 heteroatoms. The third-order valence-electron chi connectivity index (χ3n) is 2.57. The highest BCUT2D eigenvalue weighted by Crippen LogP contribution is 2.29. The number of allylic oxidation sites excluding steroid dienone is 5. The predicted octanol–water partition coefficient (Wildman–Crippen LogP) is 3.89. The van der Waals surface area contributed by atoms with Crippen LogP contribution in [0.5, 0.6) is 0 Å². The van der Waals surface area contributed by atoms with Crippen molar-refractivity contribution in [3.05, 3.63) is 35.6 Å². The Morgan fingerprint density at radius 3 is 2.64 bits per heavy atom. The molecule has 0 spiro atoms. The lowest BCUT2D eigenvalue weighted by molar-refractivity contribution is 0.695. The van der Waals surface area contributed by atoms with Gasteiger partial charge in [0.05, 0.1) is 0 Å². The maximum Gasteiger partial charge on any atom is 0.0474 e. The van der Waals surface area contributed by atoms with E-state index in [1.165, 1.54) is 16.8 Å². The normalized spacial score (nSPS) is 17.9. The average Bonchev–Trinajstić information content (AvgIpc) is 2.18. The van der Waals surface area contributed by atoms with E-state index in [9.17, 15) is 0 Å². The molecule has 0 aromatic carbocycles. The average molecular weight is 189 g/mol. The molecule has 0 saturated carbocycles. The molecular formula is C13H19N. The Morgan fingerprint density at radius 2 is 2.14 bits per heavy atom. The first-order chi connectivity index (χ1) is 6.69. The van der Waals surface area contributed by atoms with Crippen LogP contribution in [0.3, 0.4) is 0 Å². The van der Waals surface area contributed by atoms with Gasteiger partial charge in [0, 0.05) is 11.9 Å². The second-order valence-corrected chi connectivity index (χ2v) is 3.87. The Bertz CT molecular complexity index is 303. The molecule has 14 heavy (non-hydrogen) atoms. The third-order valence-corrected chi connectivity index (χ3v) is 2.57. The number of nitrogens with zero attached hydrogens (tertiary/aromatic N) is 1. The Balaban J connectivity index is 3.00. The zero-order valence-corrected chi connectivity index (χ0v) is 9.38. The van der Waals surface area contributed by atoms with Crippen LogP contribution < -0.4 is 0 Å². The van der Waals surface area contributed by atoms with Crippen molar-refractivity contribution in [3.63, 3.8) is 0 Å². The predicted molar refractivity (Wildman–Crippen MR) is 63.5 cm³/mol. The summed E-state index contributed by atoms with van der Waals surface area (Å²) in [6.45, 7) is 10.3. The van der Waals surface area contributed by atoms with E-state index >= 15 is 0 Å². The van der Waals surface area contributed by atoms with Crippen molar-refractivity contribution < 1.29 is 0 Å². The van der Waals surface area contributed by atoms with E-state index in [0.717, 1.165) is 12.8 Å². The minimum absolute atomic E-state index is 0.636. The first-order valence-electron chi connectivity index (χ1n) is 5.23. The summed E-state index contributed by atoms with van der Waals surface area (Å²) in [4.78, 5) is 4.37. The molecule has 0 N–H and O–H groups in total. The highest BCUT2D eigenvalue weighted by molar-refractivity contribution is 5.57.